The molecule has 1 fully saturated rings. The van der Waals surface area contributed by atoms with E-state index in [0.29, 0.717) is 11.1 Å². The Labute approximate surface area is 185 Å². The molecule has 0 spiro atoms. The van der Waals surface area contributed by atoms with Gasteiger partial charge in [0, 0.05) is 37.7 Å². The number of benzene rings is 2. The van der Waals surface area contributed by atoms with E-state index in [2.05, 4.69) is 34.5 Å². The number of piperazine rings is 1. The van der Waals surface area contributed by atoms with Crippen molar-refractivity contribution >= 4 is 36.4 Å². The number of ether oxygens (including phenoxy) is 1. The fraction of sp³-hybridized carbons (Fsp3) is 0.429. The Hall–Kier alpha value is -1.01. The van der Waals surface area contributed by atoms with Crippen LogP contribution >= 0.6 is 36.4 Å². The van der Waals surface area contributed by atoms with Crippen molar-refractivity contribution < 1.29 is 9.84 Å². The van der Waals surface area contributed by atoms with E-state index in [-0.39, 0.29) is 30.6 Å². The van der Waals surface area contributed by atoms with Gasteiger partial charge in [-0.2, -0.15) is 0 Å². The van der Waals surface area contributed by atoms with Crippen molar-refractivity contribution in [3.8, 4) is 5.75 Å². The van der Waals surface area contributed by atoms with Crippen LogP contribution in [0.1, 0.15) is 23.7 Å². The van der Waals surface area contributed by atoms with E-state index < -0.39 is 0 Å². The zero-order valence-electron chi connectivity index (χ0n) is 15.9. The molecule has 4 rings (SSSR count). The molecule has 7 heteroatoms. The first kappa shape index (κ1) is 25.0. The summed E-state index contributed by atoms with van der Waals surface area (Å²) in [5.41, 5.74) is 2.90. The van der Waals surface area contributed by atoms with Crippen LogP contribution in [0.15, 0.2) is 48.5 Å². The summed E-state index contributed by atoms with van der Waals surface area (Å²) in [7, 11) is 0. The van der Waals surface area contributed by atoms with Crippen molar-refractivity contribution in [2.45, 2.75) is 18.9 Å². The van der Waals surface area contributed by atoms with Gasteiger partial charge in [0.2, 0.25) is 0 Å². The maximum atomic E-state index is 8.70. The predicted octanol–water partition coefficient (Wildman–Crippen LogP) is 4.48. The largest absolute Gasteiger partial charge is 0.508 e. The lowest BCUT2D eigenvalue weighted by Gasteiger charge is -2.31. The Morgan fingerprint density at radius 3 is 2.39 bits per heavy atom. The number of phenols is 1. The number of phenolic OH excluding ortho intramolecular Hbond substituents is 1. The summed E-state index contributed by atoms with van der Waals surface area (Å²) in [6, 6.07) is 15.1. The van der Waals surface area contributed by atoms with Crippen LogP contribution in [0.25, 0.3) is 0 Å². The minimum Gasteiger partial charge on any atom is -0.508 e. The van der Waals surface area contributed by atoms with Crippen molar-refractivity contribution in [3.05, 3.63) is 64.7 Å². The van der Waals surface area contributed by atoms with Gasteiger partial charge in [-0.25, -0.2) is 0 Å². The number of hydrogen-bond donors (Lipinski definition) is 2. The molecule has 28 heavy (non-hydrogen) atoms. The van der Waals surface area contributed by atoms with Gasteiger partial charge in [0.25, 0.3) is 0 Å². The molecule has 2 aromatic rings. The molecule has 0 amide bonds. The highest BCUT2D eigenvalue weighted by Gasteiger charge is 2.21. The van der Waals surface area contributed by atoms with Crippen molar-refractivity contribution in [2.75, 3.05) is 39.3 Å². The van der Waals surface area contributed by atoms with Gasteiger partial charge in [-0.3, -0.25) is 0 Å². The minimum atomic E-state index is 0. The van der Waals surface area contributed by atoms with Gasteiger partial charge in [-0.05, 0) is 48.2 Å². The zero-order chi connectivity index (χ0) is 18.2. The van der Waals surface area contributed by atoms with Gasteiger partial charge in [0.1, 0.15) is 5.75 Å². The van der Waals surface area contributed by atoms with Crippen molar-refractivity contribution in [1.82, 2.24) is 10.2 Å². The van der Waals surface area contributed by atoms with Crippen LogP contribution in [0.4, 0.5) is 0 Å². The standard InChI is InChI=1S/C15H22N2O.C6H5ClO.2ClH/c1-2-4-14-13(3-1)6-12-18-15(14)5-9-17-10-7-16-8-11-17;7-5-1-3-6(8)4-2-5;;/h1-4,15-16H,5-12H2;1-4,8H;2*1H. The van der Waals surface area contributed by atoms with E-state index in [0.717, 1.165) is 39.1 Å². The highest BCUT2D eigenvalue weighted by atomic mass is 35.5. The first-order valence-corrected chi connectivity index (χ1v) is 9.67. The summed E-state index contributed by atoms with van der Waals surface area (Å²) in [5.74, 6) is 0.245. The molecule has 2 aliphatic rings. The van der Waals surface area contributed by atoms with Gasteiger partial charge >= 0.3 is 0 Å². The summed E-state index contributed by atoms with van der Waals surface area (Å²) in [6.45, 7) is 6.64. The molecule has 2 heterocycles. The second kappa shape index (κ2) is 13.3. The van der Waals surface area contributed by atoms with E-state index in [1.807, 2.05) is 0 Å². The third-order valence-corrected chi connectivity index (χ3v) is 5.09. The Balaban J connectivity index is 0.000000336. The van der Waals surface area contributed by atoms with Gasteiger partial charge in [0.15, 0.2) is 0 Å². The third-order valence-electron chi connectivity index (χ3n) is 4.84. The molecule has 0 aromatic heterocycles. The molecular weight excluding hydrogens is 419 g/mol. The molecule has 2 N–H and O–H groups in total. The fourth-order valence-electron chi connectivity index (χ4n) is 3.39. The molecule has 1 atom stereocenters. The molecule has 0 bridgehead atoms. The number of halogens is 3. The highest BCUT2D eigenvalue weighted by molar-refractivity contribution is 6.30. The Morgan fingerprint density at radius 1 is 1.04 bits per heavy atom. The first-order chi connectivity index (χ1) is 12.7. The van der Waals surface area contributed by atoms with Crippen LogP contribution < -0.4 is 5.32 Å². The van der Waals surface area contributed by atoms with Crippen LogP contribution in [0, 0.1) is 0 Å². The summed E-state index contributed by atoms with van der Waals surface area (Å²) >= 11 is 5.50. The van der Waals surface area contributed by atoms with E-state index in [1.54, 1.807) is 24.3 Å². The molecule has 156 valence electrons. The molecule has 2 aromatic carbocycles. The number of nitrogens with one attached hydrogen (secondary N) is 1. The lowest BCUT2D eigenvalue weighted by molar-refractivity contribution is 0.0285. The Kier molecular flexibility index (Phi) is 11.8. The van der Waals surface area contributed by atoms with Crippen LogP contribution in [-0.4, -0.2) is 49.3 Å². The number of nitrogens with zero attached hydrogens (tertiary/aromatic N) is 1. The predicted molar refractivity (Wildman–Crippen MR) is 120 cm³/mol. The van der Waals surface area contributed by atoms with E-state index >= 15 is 0 Å². The topological polar surface area (TPSA) is 44.7 Å². The fourth-order valence-corrected chi connectivity index (χ4v) is 3.52. The smallest absolute Gasteiger partial charge is 0.115 e. The summed E-state index contributed by atoms with van der Waals surface area (Å²) in [4.78, 5) is 2.54. The van der Waals surface area contributed by atoms with Crippen molar-refractivity contribution in [1.29, 1.82) is 0 Å². The number of rotatable bonds is 3. The SMILES string of the molecule is Cl.Cl.Oc1ccc(Cl)cc1.c1ccc2c(c1)CCOC2CCN1CCNCC1. The second-order valence-electron chi connectivity index (χ2n) is 6.66. The lowest BCUT2D eigenvalue weighted by atomic mass is 9.96. The van der Waals surface area contributed by atoms with Crippen molar-refractivity contribution in [3.63, 3.8) is 0 Å². The molecule has 0 aliphatic carbocycles. The maximum absolute atomic E-state index is 8.70. The summed E-state index contributed by atoms with van der Waals surface area (Å²) in [6.07, 6.45) is 2.50. The van der Waals surface area contributed by atoms with Crippen LogP contribution in [-0.2, 0) is 11.2 Å². The van der Waals surface area contributed by atoms with Crippen LogP contribution in [0.3, 0.4) is 0 Å². The molecular formula is C21H29Cl3N2O2. The number of aromatic hydroxyl groups is 1. The number of fused-ring (bicyclic) bond motifs is 1. The maximum Gasteiger partial charge on any atom is 0.115 e. The molecule has 4 nitrogen and oxygen atoms in total. The quantitative estimate of drug-likeness (QED) is 0.728. The summed E-state index contributed by atoms with van der Waals surface area (Å²) < 4.78 is 5.95. The lowest BCUT2D eigenvalue weighted by Crippen LogP contribution is -2.44. The van der Waals surface area contributed by atoms with E-state index in [4.69, 9.17) is 21.4 Å². The van der Waals surface area contributed by atoms with Gasteiger partial charge in [-0.15, -0.1) is 24.8 Å². The second-order valence-corrected chi connectivity index (χ2v) is 7.10. The van der Waals surface area contributed by atoms with Crippen molar-refractivity contribution in [2.24, 2.45) is 0 Å². The van der Waals surface area contributed by atoms with Gasteiger partial charge in [0.05, 0.1) is 12.7 Å². The number of hydrogen-bond acceptors (Lipinski definition) is 4. The normalized spacial score (nSPS) is 18.5. The highest BCUT2D eigenvalue weighted by Crippen LogP contribution is 2.29. The molecule has 2 aliphatic heterocycles. The Morgan fingerprint density at radius 2 is 1.71 bits per heavy atom. The average Bonchev–Trinajstić information content (AvgIpc) is 2.70. The third kappa shape index (κ3) is 7.78. The minimum absolute atomic E-state index is 0. The molecule has 0 saturated carbocycles. The molecule has 0 radical (unpaired) electrons. The van der Waals surface area contributed by atoms with Gasteiger partial charge in [-0.1, -0.05) is 35.9 Å². The van der Waals surface area contributed by atoms with Crippen LogP contribution in [0.2, 0.25) is 5.02 Å². The monoisotopic (exact) mass is 446 g/mol. The van der Waals surface area contributed by atoms with Gasteiger partial charge < -0.3 is 20.1 Å². The summed E-state index contributed by atoms with van der Waals surface area (Å²) in [5, 5.41) is 12.7. The average molecular weight is 448 g/mol. The zero-order valence-corrected chi connectivity index (χ0v) is 18.2. The van der Waals surface area contributed by atoms with Crippen LogP contribution in [0.5, 0.6) is 5.75 Å². The van der Waals surface area contributed by atoms with E-state index in [9.17, 15) is 0 Å². The first-order valence-electron chi connectivity index (χ1n) is 9.29. The molecule has 1 saturated heterocycles. The molecule has 1 unspecified atom stereocenters. The van der Waals surface area contributed by atoms with E-state index in [1.165, 1.54) is 24.2 Å². The Bertz CT molecular complexity index is 659.